The third-order valence-corrected chi connectivity index (χ3v) is 3.22. The molecule has 1 aromatic carbocycles. The van der Waals surface area contributed by atoms with Gasteiger partial charge in [-0.1, -0.05) is 24.2 Å². The topological polar surface area (TPSA) is 84.9 Å². The van der Waals surface area contributed by atoms with Crippen LogP contribution in [0.3, 0.4) is 0 Å². The highest BCUT2D eigenvalue weighted by atomic mass is 19.1. The van der Waals surface area contributed by atoms with Gasteiger partial charge in [-0.15, -0.1) is 0 Å². The van der Waals surface area contributed by atoms with E-state index in [1.54, 1.807) is 12.1 Å². The van der Waals surface area contributed by atoms with Crippen molar-refractivity contribution in [2.45, 2.75) is 19.3 Å². The summed E-state index contributed by atoms with van der Waals surface area (Å²) in [5, 5.41) is 3.68. The molecule has 1 aromatic heterocycles. The van der Waals surface area contributed by atoms with Crippen LogP contribution < -0.4 is 11.5 Å². The number of hydrogen-bond donors (Lipinski definition) is 2. The smallest absolute Gasteiger partial charge is 0.330 e. The summed E-state index contributed by atoms with van der Waals surface area (Å²) < 4.78 is 17.3. The van der Waals surface area contributed by atoms with E-state index in [-0.39, 0.29) is 17.7 Å². The lowest BCUT2D eigenvalue weighted by Gasteiger charge is -2.19. The van der Waals surface area contributed by atoms with E-state index in [1.807, 2.05) is 6.92 Å². The Kier molecular flexibility index (Phi) is 4.11. The number of H-pyrrole nitrogens is 1. The fourth-order valence-electron chi connectivity index (χ4n) is 2.15. The molecule has 0 aliphatic heterocycles. The number of nitrogens with zero attached hydrogens (tertiary/aromatic N) is 1. The van der Waals surface area contributed by atoms with E-state index in [0.717, 1.165) is 12.0 Å². The third-order valence-electron chi connectivity index (χ3n) is 3.22. The van der Waals surface area contributed by atoms with Gasteiger partial charge in [-0.25, -0.2) is 9.18 Å². The van der Waals surface area contributed by atoms with Crippen molar-refractivity contribution in [3.8, 4) is 0 Å². The fourth-order valence-corrected chi connectivity index (χ4v) is 2.15. The molecule has 0 fully saturated rings. The van der Waals surface area contributed by atoms with Gasteiger partial charge >= 0.3 is 5.76 Å². The average Bonchev–Trinajstić information content (AvgIpc) is 2.80. The number of aromatic nitrogens is 2. The summed E-state index contributed by atoms with van der Waals surface area (Å²) in [6.07, 6.45) is 0.719. The van der Waals surface area contributed by atoms with Crippen LogP contribution in [0.2, 0.25) is 0 Å². The van der Waals surface area contributed by atoms with Gasteiger partial charge < -0.3 is 5.73 Å². The Morgan fingerprint density at radius 1 is 1.42 bits per heavy atom. The molecule has 0 radical (unpaired) electrons. The fraction of sp³-hybridized carbons (Fsp3) is 0.385. The molecular formula is C13H16FN3O2. The second-order valence-corrected chi connectivity index (χ2v) is 4.63. The summed E-state index contributed by atoms with van der Waals surface area (Å²) in [4.78, 5) is 13.5. The van der Waals surface area contributed by atoms with Crippen molar-refractivity contribution < 1.29 is 8.91 Å². The lowest BCUT2D eigenvalue weighted by atomic mass is 9.88. The van der Waals surface area contributed by atoms with Gasteiger partial charge in [-0.3, -0.25) is 9.51 Å². The quantitative estimate of drug-likeness (QED) is 0.856. The van der Waals surface area contributed by atoms with E-state index >= 15 is 0 Å². The van der Waals surface area contributed by atoms with Gasteiger partial charge in [0.25, 0.3) is 0 Å². The van der Waals surface area contributed by atoms with Crippen LogP contribution in [0.4, 0.5) is 4.39 Å². The predicted molar refractivity (Wildman–Crippen MR) is 68.2 cm³/mol. The number of benzene rings is 1. The van der Waals surface area contributed by atoms with Crippen LogP contribution in [-0.4, -0.2) is 16.7 Å². The predicted octanol–water partition coefficient (Wildman–Crippen LogP) is 1.42. The zero-order valence-electron chi connectivity index (χ0n) is 10.6. The molecule has 2 aromatic rings. The lowest BCUT2D eigenvalue weighted by molar-refractivity contribution is 0.364. The molecule has 0 bridgehead atoms. The molecule has 0 amide bonds. The molecule has 102 valence electrons. The Hall–Kier alpha value is -1.95. The van der Waals surface area contributed by atoms with Crippen molar-refractivity contribution in [1.82, 2.24) is 10.1 Å². The first-order valence-corrected chi connectivity index (χ1v) is 6.10. The summed E-state index contributed by atoms with van der Waals surface area (Å²) in [5.74, 6) is -0.329. The van der Waals surface area contributed by atoms with Gasteiger partial charge in [-0.05, 0) is 30.0 Å². The molecule has 0 saturated carbocycles. The monoisotopic (exact) mass is 265 g/mol. The number of nitrogens with two attached hydrogens (primary N) is 1. The Morgan fingerprint density at radius 2 is 2.11 bits per heavy atom. The largest absolute Gasteiger partial charge is 0.438 e. The second-order valence-electron chi connectivity index (χ2n) is 4.63. The number of nitrogens with one attached hydrogen (secondary N) is 1. The van der Waals surface area contributed by atoms with E-state index in [0.29, 0.717) is 12.4 Å². The molecule has 5 nitrogen and oxygen atoms in total. The average molecular weight is 265 g/mol. The van der Waals surface area contributed by atoms with E-state index < -0.39 is 5.76 Å². The van der Waals surface area contributed by atoms with E-state index in [9.17, 15) is 9.18 Å². The van der Waals surface area contributed by atoms with Crippen molar-refractivity contribution >= 4 is 0 Å². The number of rotatable bonds is 5. The molecule has 0 saturated heterocycles. The zero-order chi connectivity index (χ0) is 13.8. The van der Waals surface area contributed by atoms with Crippen LogP contribution >= 0.6 is 0 Å². The molecule has 0 spiro atoms. The Bertz CT molecular complexity index is 576. The first-order chi connectivity index (χ1) is 9.10. The molecule has 2 atom stereocenters. The molecule has 2 rings (SSSR count). The second kappa shape index (κ2) is 5.79. The van der Waals surface area contributed by atoms with Gasteiger partial charge in [0, 0.05) is 12.5 Å². The molecule has 2 unspecified atom stereocenters. The van der Waals surface area contributed by atoms with E-state index in [2.05, 4.69) is 14.7 Å². The van der Waals surface area contributed by atoms with E-state index in [1.165, 1.54) is 12.1 Å². The number of halogens is 1. The van der Waals surface area contributed by atoms with Crippen LogP contribution in [0.5, 0.6) is 0 Å². The van der Waals surface area contributed by atoms with Crippen LogP contribution in [0, 0.1) is 11.7 Å². The maximum atomic E-state index is 12.8. The van der Waals surface area contributed by atoms with Crippen LogP contribution in [-0.2, 0) is 6.42 Å². The van der Waals surface area contributed by atoms with Crippen LogP contribution in [0.15, 0.2) is 33.6 Å². The Morgan fingerprint density at radius 3 is 2.63 bits per heavy atom. The van der Waals surface area contributed by atoms with Gasteiger partial charge in [0.1, 0.15) is 5.82 Å². The van der Waals surface area contributed by atoms with Crippen molar-refractivity contribution in [1.29, 1.82) is 0 Å². The Balaban J connectivity index is 2.10. The van der Waals surface area contributed by atoms with Crippen molar-refractivity contribution in [3.63, 3.8) is 0 Å². The third kappa shape index (κ3) is 3.29. The zero-order valence-corrected chi connectivity index (χ0v) is 10.6. The highest BCUT2D eigenvalue weighted by molar-refractivity contribution is 5.17. The van der Waals surface area contributed by atoms with Crippen LogP contribution in [0.1, 0.15) is 24.2 Å². The number of hydrogen-bond acceptors (Lipinski definition) is 4. The molecule has 19 heavy (non-hydrogen) atoms. The normalized spacial score (nSPS) is 14.3. The minimum absolute atomic E-state index is 0.100. The van der Waals surface area contributed by atoms with Crippen molar-refractivity contribution in [2.24, 2.45) is 11.7 Å². The lowest BCUT2D eigenvalue weighted by Crippen LogP contribution is -2.23. The molecule has 1 heterocycles. The maximum absolute atomic E-state index is 12.8. The number of aromatic amines is 1. The van der Waals surface area contributed by atoms with Crippen LogP contribution in [0.25, 0.3) is 0 Å². The highest BCUT2D eigenvalue weighted by Gasteiger charge is 2.22. The summed E-state index contributed by atoms with van der Waals surface area (Å²) in [7, 11) is 0. The minimum atomic E-state index is -0.581. The van der Waals surface area contributed by atoms with Gasteiger partial charge in [0.2, 0.25) is 0 Å². The molecule has 6 heteroatoms. The standard InChI is InChI=1S/C13H16FN3O2/c1-8(6-9-2-4-10(14)5-3-9)11(7-15)12-16-13(18)19-17-12/h2-5,8,11H,6-7,15H2,1H3,(H,16,17,18). The van der Waals surface area contributed by atoms with E-state index in [4.69, 9.17) is 5.73 Å². The first-order valence-electron chi connectivity index (χ1n) is 6.10. The van der Waals surface area contributed by atoms with Crippen molar-refractivity contribution in [3.05, 3.63) is 52.0 Å². The maximum Gasteiger partial charge on any atom is 0.438 e. The molecule has 0 aliphatic rings. The van der Waals surface area contributed by atoms with Gasteiger partial charge in [0.15, 0.2) is 5.82 Å². The highest BCUT2D eigenvalue weighted by Crippen LogP contribution is 2.23. The van der Waals surface area contributed by atoms with Gasteiger partial charge in [0.05, 0.1) is 0 Å². The summed E-state index contributed by atoms with van der Waals surface area (Å²) in [6.45, 7) is 2.36. The molecule has 0 aliphatic carbocycles. The minimum Gasteiger partial charge on any atom is -0.330 e. The SMILES string of the molecule is CC(Cc1ccc(F)cc1)C(CN)c1noc(=O)[nH]1. The summed E-state index contributed by atoms with van der Waals surface area (Å²) in [5.41, 5.74) is 6.74. The summed E-state index contributed by atoms with van der Waals surface area (Å²) >= 11 is 0. The van der Waals surface area contributed by atoms with Gasteiger partial charge in [-0.2, -0.15) is 0 Å². The Labute approximate surface area is 109 Å². The molecular weight excluding hydrogens is 249 g/mol. The summed E-state index contributed by atoms with van der Waals surface area (Å²) in [6, 6.07) is 6.34. The molecule has 3 N–H and O–H groups in total. The van der Waals surface area contributed by atoms with Crippen molar-refractivity contribution in [2.75, 3.05) is 6.54 Å². The first kappa shape index (κ1) is 13.5.